The molecule has 0 aromatic carbocycles. The molecular weight excluding hydrogens is 360 g/mol. The molecule has 1 aromatic rings. The van der Waals surface area contributed by atoms with Gasteiger partial charge in [-0.2, -0.15) is 5.10 Å². The Labute approximate surface area is 157 Å². The fourth-order valence-electron chi connectivity index (χ4n) is 2.22. The SMILES string of the molecule is Cc1nn(CC(C)C)c(Cl)c1/C=C/C(=O)O[C@H](C(=O)NC(N)=O)C(C)C. The number of imide groups is 1. The van der Waals surface area contributed by atoms with Gasteiger partial charge in [-0.1, -0.05) is 39.3 Å². The fraction of sp³-hybridized carbons (Fsp3) is 0.529. The van der Waals surface area contributed by atoms with Crippen LogP contribution >= 0.6 is 11.6 Å². The van der Waals surface area contributed by atoms with E-state index in [0.29, 0.717) is 28.9 Å². The molecule has 0 aliphatic rings. The van der Waals surface area contributed by atoms with Crippen molar-refractivity contribution in [1.29, 1.82) is 0 Å². The van der Waals surface area contributed by atoms with Crippen LogP contribution in [-0.4, -0.2) is 33.8 Å². The average molecular weight is 385 g/mol. The van der Waals surface area contributed by atoms with E-state index < -0.39 is 24.0 Å². The van der Waals surface area contributed by atoms with Gasteiger partial charge in [-0.3, -0.25) is 14.8 Å². The van der Waals surface area contributed by atoms with Gasteiger partial charge in [0.1, 0.15) is 5.15 Å². The van der Waals surface area contributed by atoms with E-state index in [9.17, 15) is 14.4 Å². The molecule has 144 valence electrons. The number of ether oxygens (including phenoxy) is 1. The minimum Gasteiger partial charge on any atom is -0.449 e. The van der Waals surface area contributed by atoms with Crippen LogP contribution in [0.3, 0.4) is 0 Å². The smallest absolute Gasteiger partial charge is 0.331 e. The Kier molecular flexibility index (Phi) is 7.82. The van der Waals surface area contributed by atoms with E-state index in [1.807, 2.05) is 19.2 Å². The van der Waals surface area contributed by atoms with Crippen molar-refractivity contribution >= 4 is 35.6 Å². The number of halogens is 1. The number of primary amides is 1. The molecule has 0 radical (unpaired) electrons. The standard InChI is InChI=1S/C17H25ClN4O4/c1-9(2)8-22-15(18)12(11(5)21-22)6-7-13(23)26-14(10(3)4)16(24)20-17(19)25/h6-7,9-10,14H,8H2,1-5H3,(H3,19,20,24,25)/b7-6+/t14-/m0/s1. The molecule has 1 aromatic heterocycles. The van der Waals surface area contributed by atoms with E-state index in [1.165, 1.54) is 12.2 Å². The lowest BCUT2D eigenvalue weighted by Crippen LogP contribution is -2.45. The van der Waals surface area contributed by atoms with Gasteiger partial charge in [0.05, 0.1) is 5.69 Å². The number of carbonyl (C=O) groups excluding carboxylic acids is 3. The molecule has 0 aliphatic heterocycles. The number of nitrogens with zero attached hydrogens (tertiary/aromatic N) is 2. The average Bonchev–Trinajstić information content (AvgIpc) is 2.75. The molecule has 1 rings (SSSR count). The van der Waals surface area contributed by atoms with E-state index in [2.05, 4.69) is 5.10 Å². The Hall–Kier alpha value is -2.35. The van der Waals surface area contributed by atoms with Crippen molar-refractivity contribution in [3.05, 3.63) is 22.5 Å². The molecule has 3 amide bonds. The molecular formula is C17H25ClN4O4. The molecule has 0 aliphatic carbocycles. The first-order valence-electron chi connectivity index (χ1n) is 8.24. The van der Waals surface area contributed by atoms with Crippen molar-refractivity contribution in [2.24, 2.45) is 17.6 Å². The van der Waals surface area contributed by atoms with Gasteiger partial charge in [0.2, 0.25) is 0 Å². The summed E-state index contributed by atoms with van der Waals surface area (Å²) >= 11 is 6.30. The Balaban J connectivity index is 2.88. The summed E-state index contributed by atoms with van der Waals surface area (Å²) in [4.78, 5) is 34.7. The van der Waals surface area contributed by atoms with E-state index in [4.69, 9.17) is 22.1 Å². The van der Waals surface area contributed by atoms with Gasteiger partial charge in [-0.15, -0.1) is 0 Å². The van der Waals surface area contributed by atoms with Gasteiger partial charge in [0, 0.05) is 18.2 Å². The van der Waals surface area contributed by atoms with E-state index in [-0.39, 0.29) is 5.92 Å². The summed E-state index contributed by atoms with van der Waals surface area (Å²) in [5.41, 5.74) is 6.19. The molecule has 0 saturated heterocycles. The van der Waals surface area contributed by atoms with Crippen LogP contribution in [0.15, 0.2) is 6.08 Å². The number of hydrogen-bond donors (Lipinski definition) is 2. The van der Waals surface area contributed by atoms with Crippen LogP contribution in [0.1, 0.15) is 39.0 Å². The number of hydrogen-bond acceptors (Lipinski definition) is 5. The van der Waals surface area contributed by atoms with E-state index in [1.54, 1.807) is 25.5 Å². The first kappa shape index (κ1) is 21.7. The number of urea groups is 1. The monoisotopic (exact) mass is 384 g/mol. The lowest BCUT2D eigenvalue weighted by atomic mass is 10.1. The van der Waals surface area contributed by atoms with Crippen molar-refractivity contribution in [3.8, 4) is 0 Å². The molecule has 0 spiro atoms. The maximum absolute atomic E-state index is 12.1. The summed E-state index contributed by atoms with van der Waals surface area (Å²) in [6, 6.07) is -1.01. The van der Waals surface area contributed by atoms with Crippen LogP contribution in [0.5, 0.6) is 0 Å². The predicted molar refractivity (Wildman–Crippen MR) is 98.3 cm³/mol. The zero-order valence-electron chi connectivity index (χ0n) is 15.6. The molecule has 0 fully saturated rings. The number of esters is 1. The number of carbonyl (C=O) groups is 3. The van der Waals surface area contributed by atoms with Crippen molar-refractivity contribution in [2.45, 2.75) is 47.3 Å². The normalized spacial score (nSPS) is 12.6. The summed E-state index contributed by atoms with van der Waals surface area (Å²) in [5.74, 6) is -1.49. The third kappa shape index (κ3) is 6.18. The van der Waals surface area contributed by atoms with E-state index >= 15 is 0 Å². The predicted octanol–water partition coefficient (Wildman–Crippen LogP) is 2.28. The number of aromatic nitrogens is 2. The second-order valence-electron chi connectivity index (χ2n) is 6.65. The van der Waals surface area contributed by atoms with Crippen molar-refractivity contribution in [3.63, 3.8) is 0 Å². The number of aryl methyl sites for hydroxylation is 1. The second-order valence-corrected chi connectivity index (χ2v) is 7.01. The van der Waals surface area contributed by atoms with Gasteiger partial charge in [-0.05, 0) is 24.8 Å². The summed E-state index contributed by atoms with van der Waals surface area (Å²) in [5, 5.41) is 6.67. The number of amides is 3. The van der Waals surface area contributed by atoms with Gasteiger partial charge < -0.3 is 10.5 Å². The highest BCUT2D eigenvalue weighted by molar-refractivity contribution is 6.31. The number of nitrogens with two attached hydrogens (primary N) is 1. The van der Waals surface area contributed by atoms with Crippen molar-refractivity contribution in [2.75, 3.05) is 0 Å². The zero-order valence-corrected chi connectivity index (χ0v) is 16.3. The third-order valence-electron chi connectivity index (χ3n) is 3.39. The molecule has 0 saturated carbocycles. The highest BCUT2D eigenvalue weighted by atomic mass is 35.5. The van der Waals surface area contributed by atoms with E-state index in [0.717, 1.165) is 0 Å². The summed E-state index contributed by atoms with van der Waals surface area (Å²) in [6.45, 7) is 9.89. The Morgan fingerprint density at radius 3 is 2.42 bits per heavy atom. The Morgan fingerprint density at radius 2 is 1.92 bits per heavy atom. The van der Waals surface area contributed by atoms with Crippen LogP contribution in [-0.2, 0) is 20.9 Å². The second kappa shape index (κ2) is 9.38. The minimum atomic E-state index is -1.14. The lowest BCUT2D eigenvalue weighted by Gasteiger charge is -2.18. The van der Waals surface area contributed by atoms with Crippen LogP contribution in [0, 0.1) is 18.8 Å². The largest absolute Gasteiger partial charge is 0.449 e. The third-order valence-corrected chi connectivity index (χ3v) is 3.79. The maximum Gasteiger partial charge on any atom is 0.331 e. The Morgan fingerprint density at radius 1 is 1.31 bits per heavy atom. The first-order chi connectivity index (χ1) is 12.0. The molecule has 1 atom stereocenters. The molecule has 0 unspecified atom stereocenters. The quantitative estimate of drug-likeness (QED) is 0.552. The first-order valence-corrected chi connectivity index (χ1v) is 8.62. The number of rotatable bonds is 7. The molecule has 8 nitrogen and oxygen atoms in total. The maximum atomic E-state index is 12.1. The molecule has 9 heteroatoms. The number of nitrogens with one attached hydrogen (secondary N) is 1. The van der Waals surface area contributed by atoms with Crippen LogP contribution in [0.25, 0.3) is 6.08 Å². The van der Waals surface area contributed by atoms with Gasteiger partial charge in [-0.25, -0.2) is 9.59 Å². The summed E-state index contributed by atoms with van der Waals surface area (Å²) < 4.78 is 6.80. The topological polar surface area (TPSA) is 116 Å². The van der Waals surface area contributed by atoms with Crippen LogP contribution < -0.4 is 11.1 Å². The van der Waals surface area contributed by atoms with Crippen molar-refractivity contribution < 1.29 is 19.1 Å². The van der Waals surface area contributed by atoms with Crippen molar-refractivity contribution in [1.82, 2.24) is 15.1 Å². The highest BCUT2D eigenvalue weighted by Crippen LogP contribution is 2.22. The Bertz CT molecular complexity index is 710. The van der Waals surface area contributed by atoms with Crippen LogP contribution in [0.2, 0.25) is 5.15 Å². The molecule has 26 heavy (non-hydrogen) atoms. The summed E-state index contributed by atoms with van der Waals surface area (Å²) in [6.07, 6.45) is 1.52. The highest BCUT2D eigenvalue weighted by Gasteiger charge is 2.26. The lowest BCUT2D eigenvalue weighted by molar-refractivity contribution is -0.153. The fourth-order valence-corrected chi connectivity index (χ4v) is 2.53. The molecule has 1 heterocycles. The summed E-state index contributed by atoms with van der Waals surface area (Å²) in [7, 11) is 0. The van der Waals surface area contributed by atoms with Gasteiger partial charge in [0.15, 0.2) is 6.10 Å². The molecule has 0 bridgehead atoms. The molecule has 3 N–H and O–H groups in total. The van der Waals surface area contributed by atoms with Crippen LogP contribution in [0.4, 0.5) is 4.79 Å². The van der Waals surface area contributed by atoms with Gasteiger partial charge in [0.25, 0.3) is 5.91 Å². The zero-order chi connectivity index (χ0) is 20.0. The van der Waals surface area contributed by atoms with Gasteiger partial charge >= 0.3 is 12.0 Å². The minimum absolute atomic E-state index is 0.342.